The van der Waals surface area contributed by atoms with Gasteiger partial charge in [-0.1, -0.05) is 12.1 Å². The highest BCUT2D eigenvalue weighted by molar-refractivity contribution is 7.91. The Morgan fingerprint density at radius 3 is 2.78 bits per heavy atom. The third kappa shape index (κ3) is 4.94. The van der Waals surface area contributed by atoms with Gasteiger partial charge in [0.1, 0.15) is 23.1 Å². The Morgan fingerprint density at radius 2 is 2.07 bits per heavy atom. The van der Waals surface area contributed by atoms with Crippen LogP contribution in [0.5, 0.6) is 5.75 Å². The normalized spacial score (nSPS) is 18.1. The van der Waals surface area contributed by atoms with Crippen molar-refractivity contribution in [1.82, 2.24) is 9.97 Å². The zero-order chi connectivity index (χ0) is 19.4. The summed E-state index contributed by atoms with van der Waals surface area (Å²) >= 11 is 0. The van der Waals surface area contributed by atoms with Gasteiger partial charge in [-0.3, -0.25) is 4.79 Å². The monoisotopic (exact) mass is 390 g/mol. The molecule has 3 rings (SSSR count). The fraction of sp³-hybridized carbons (Fsp3) is 0.389. The molecule has 9 heteroatoms. The van der Waals surface area contributed by atoms with Crippen molar-refractivity contribution in [3.63, 3.8) is 0 Å². The lowest BCUT2D eigenvalue weighted by Gasteiger charge is -2.14. The molecule has 2 aromatic rings. The lowest BCUT2D eigenvalue weighted by atomic mass is 10.2. The number of nitrogens with zero attached hydrogens (tertiary/aromatic N) is 2. The van der Waals surface area contributed by atoms with Crippen LogP contribution in [0.1, 0.15) is 29.7 Å². The van der Waals surface area contributed by atoms with Crippen LogP contribution in [0.25, 0.3) is 0 Å². The number of hydrogen-bond donors (Lipinski definition) is 2. The number of nitrogens with one attached hydrogen (secondary N) is 2. The molecule has 1 unspecified atom stereocenters. The number of hydrogen-bond acceptors (Lipinski definition) is 7. The Kier molecular flexibility index (Phi) is 5.59. The molecular weight excluding hydrogens is 368 g/mol. The number of para-hydroxylation sites is 2. The van der Waals surface area contributed by atoms with E-state index in [-0.39, 0.29) is 23.2 Å². The van der Waals surface area contributed by atoms with Crippen LogP contribution in [-0.4, -0.2) is 48.4 Å². The van der Waals surface area contributed by atoms with E-state index in [9.17, 15) is 13.2 Å². The van der Waals surface area contributed by atoms with Crippen molar-refractivity contribution >= 4 is 27.2 Å². The Labute approximate surface area is 158 Å². The molecule has 0 aliphatic carbocycles. The fourth-order valence-electron chi connectivity index (χ4n) is 2.91. The van der Waals surface area contributed by atoms with Crippen LogP contribution in [0, 0.1) is 6.92 Å². The summed E-state index contributed by atoms with van der Waals surface area (Å²) in [6.07, 6.45) is 0.522. The van der Waals surface area contributed by atoms with Crippen molar-refractivity contribution in [3.8, 4) is 5.75 Å². The Hall–Kier alpha value is -2.68. The number of sulfone groups is 1. The van der Waals surface area contributed by atoms with E-state index in [1.54, 1.807) is 25.1 Å². The number of benzene rings is 1. The predicted octanol–water partition coefficient (Wildman–Crippen LogP) is 2.04. The molecule has 0 radical (unpaired) electrons. The van der Waals surface area contributed by atoms with Crippen LogP contribution in [0.3, 0.4) is 0 Å². The molecule has 1 atom stereocenters. The van der Waals surface area contributed by atoms with E-state index in [4.69, 9.17) is 4.74 Å². The minimum absolute atomic E-state index is 0.0688. The van der Waals surface area contributed by atoms with E-state index in [0.29, 0.717) is 36.1 Å². The van der Waals surface area contributed by atoms with Crippen LogP contribution < -0.4 is 15.4 Å². The van der Waals surface area contributed by atoms with Gasteiger partial charge in [-0.05, 0) is 32.4 Å². The van der Waals surface area contributed by atoms with Gasteiger partial charge in [0.15, 0.2) is 9.84 Å². The molecule has 0 saturated carbocycles. The molecule has 27 heavy (non-hydrogen) atoms. The molecule has 2 heterocycles. The van der Waals surface area contributed by atoms with Crippen LogP contribution >= 0.6 is 0 Å². The average molecular weight is 390 g/mol. The van der Waals surface area contributed by atoms with Gasteiger partial charge < -0.3 is 15.4 Å². The number of carbonyl (C=O) groups excluding carboxylic acids is 1. The zero-order valence-corrected chi connectivity index (χ0v) is 16.0. The number of amides is 1. The van der Waals surface area contributed by atoms with Crippen LogP contribution in [0.15, 0.2) is 30.3 Å². The first-order chi connectivity index (χ1) is 12.9. The van der Waals surface area contributed by atoms with Crippen molar-refractivity contribution in [2.75, 3.05) is 28.7 Å². The molecule has 1 aromatic heterocycles. The van der Waals surface area contributed by atoms with E-state index in [1.807, 2.05) is 13.0 Å². The topological polar surface area (TPSA) is 110 Å². The third-order valence-electron chi connectivity index (χ3n) is 4.09. The first kappa shape index (κ1) is 19.1. The smallest absolute Gasteiger partial charge is 0.274 e. The van der Waals surface area contributed by atoms with Gasteiger partial charge in [-0.15, -0.1) is 0 Å². The zero-order valence-electron chi connectivity index (χ0n) is 15.2. The highest BCUT2D eigenvalue weighted by Crippen LogP contribution is 2.24. The lowest BCUT2D eigenvalue weighted by Crippen LogP contribution is -2.22. The maximum absolute atomic E-state index is 12.6. The van der Waals surface area contributed by atoms with Crippen LogP contribution in [0.4, 0.5) is 11.5 Å². The van der Waals surface area contributed by atoms with Gasteiger partial charge in [0.2, 0.25) is 0 Å². The highest BCUT2D eigenvalue weighted by atomic mass is 32.2. The Bertz CT molecular complexity index is 946. The number of rotatable bonds is 6. The van der Waals surface area contributed by atoms with Crippen molar-refractivity contribution in [1.29, 1.82) is 0 Å². The first-order valence-corrected chi connectivity index (χ1v) is 10.5. The summed E-state index contributed by atoms with van der Waals surface area (Å²) in [4.78, 5) is 21.1. The standard InChI is InChI=1S/C18H22N4O4S/c1-3-26-16-7-5-4-6-14(16)22-18(23)15-10-17(20-12(2)19-15)21-13-8-9-27(24,25)11-13/h4-7,10,13H,3,8-9,11H2,1-2H3,(H,22,23)(H,19,20,21). The summed E-state index contributed by atoms with van der Waals surface area (Å²) < 4.78 is 28.7. The second kappa shape index (κ2) is 7.91. The summed E-state index contributed by atoms with van der Waals surface area (Å²) in [6.45, 7) is 4.03. The van der Waals surface area contributed by atoms with Crippen LogP contribution in [-0.2, 0) is 9.84 Å². The number of ether oxygens (including phenoxy) is 1. The third-order valence-corrected chi connectivity index (χ3v) is 5.86. The first-order valence-electron chi connectivity index (χ1n) is 8.72. The minimum atomic E-state index is -3.00. The molecule has 1 aliphatic rings. The molecule has 0 bridgehead atoms. The van der Waals surface area contributed by atoms with Gasteiger partial charge in [0.05, 0.1) is 23.8 Å². The average Bonchev–Trinajstić information content (AvgIpc) is 2.94. The molecule has 1 aromatic carbocycles. The van der Waals surface area contributed by atoms with E-state index in [1.165, 1.54) is 6.07 Å². The number of aromatic nitrogens is 2. The molecule has 8 nitrogen and oxygen atoms in total. The molecule has 1 fully saturated rings. The summed E-state index contributed by atoms with van der Waals surface area (Å²) in [6, 6.07) is 8.47. The molecule has 1 amide bonds. The molecule has 0 spiro atoms. The Morgan fingerprint density at radius 1 is 1.30 bits per heavy atom. The fourth-order valence-corrected chi connectivity index (χ4v) is 4.59. The van der Waals surface area contributed by atoms with Crippen molar-refractivity contribution in [2.24, 2.45) is 0 Å². The summed E-state index contributed by atoms with van der Waals surface area (Å²) in [5.41, 5.74) is 0.745. The van der Waals surface area contributed by atoms with E-state index in [0.717, 1.165) is 0 Å². The summed E-state index contributed by atoms with van der Waals surface area (Å²) in [7, 11) is -3.00. The number of anilines is 2. The maximum atomic E-state index is 12.6. The van der Waals surface area contributed by atoms with E-state index >= 15 is 0 Å². The quantitative estimate of drug-likeness (QED) is 0.776. The van der Waals surface area contributed by atoms with Crippen LogP contribution in [0.2, 0.25) is 0 Å². The van der Waals surface area contributed by atoms with Crippen molar-refractivity contribution in [3.05, 3.63) is 41.9 Å². The van der Waals surface area contributed by atoms with Gasteiger partial charge in [-0.25, -0.2) is 18.4 Å². The van der Waals surface area contributed by atoms with Gasteiger partial charge in [0.25, 0.3) is 5.91 Å². The van der Waals surface area contributed by atoms with E-state index < -0.39 is 15.7 Å². The van der Waals surface area contributed by atoms with Crippen molar-refractivity contribution < 1.29 is 17.9 Å². The SMILES string of the molecule is CCOc1ccccc1NC(=O)c1cc(NC2CCS(=O)(=O)C2)nc(C)n1. The molecule has 144 valence electrons. The molecule has 2 N–H and O–H groups in total. The summed E-state index contributed by atoms with van der Waals surface area (Å²) in [5.74, 6) is 1.27. The van der Waals surface area contributed by atoms with E-state index in [2.05, 4.69) is 20.6 Å². The Balaban J connectivity index is 1.76. The second-order valence-electron chi connectivity index (χ2n) is 6.31. The van der Waals surface area contributed by atoms with Crippen molar-refractivity contribution in [2.45, 2.75) is 26.3 Å². The maximum Gasteiger partial charge on any atom is 0.274 e. The van der Waals surface area contributed by atoms with Gasteiger partial charge >= 0.3 is 0 Å². The molecule has 1 saturated heterocycles. The second-order valence-corrected chi connectivity index (χ2v) is 8.54. The minimum Gasteiger partial charge on any atom is -0.492 e. The lowest BCUT2D eigenvalue weighted by molar-refractivity contribution is 0.102. The molecule has 1 aliphatic heterocycles. The van der Waals surface area contributed by atoms with Gasteiger partial charge in [-0.2, -0.15) is 0 Å². The summed E-state index contributed by atoms with van der Waals surface area (Å²) in [5, 5.41) is 5.89. The highest BCUT2D eigenvalue weighted by Gasteiger charge is 2.28. The van der Waals surface area contributed by atoms with Gasteiger partial charge in [0, 0.05) is 12.1 Å². The molecular formula is C18H22N4O4S. The predicted molar refractivity (Wildman–Crippen MR) is 103 cm³/mol. The number of aryl methyl sites for hydroxylation is 1. The largest absolute Gasteiger partial charge is 0.492 e. The number of carbonyl (C=O) groups is 1.